The maximum absolute atomic E-state index is 4.71. The molecule has 2 aromatic heterocycles. The molecule has 0 aliphatic carbocycles. The normalized spacial score (nSPS) is 11.5. The van der Waals surface area contributed by atoms with Crippen molar-refractivity contribution < 1.29 is 0 Å². The summed E-state index contributed by atoms with van der Waals surface area (Å²) >= 11 is 0. The molecule has 30 heavy (non-hydrogen) atoms. The van der Waals surface area contributed by atoms with E-state index in [9.17, 15) is 0 Å². The molecule has 0 atom stereocenters. The van der Waals surface area contributed by atoms with Crippen LogP contribution in [0.2, 0.25) is 0 Å². The molecule has 166 valence electrons. The second-order valence-corrected chi connectivity index (χ2v) is 8.91. The van der Waals surface area contributed by atoms with Crippen LogP contribution < -0.4 is 0 Å². The molecule has 0 aromatic carbocycles. The molecule has 2 aromatic rings. The van der Waals surface area contributed by atoms with Crippen molar-refractivity contribution in [3.8, 4) is 11.4 Å². The van der Waals surface area contributed by atoms with E-state index >= 15 is 0 Å². The van der Waals surface area contributed by atoms with E-state index in [4.69, 9.17) is 9.97 Å². The lowest BCUT2D eigenvalue weighted by Crippen LogP contribution is -2.02. The number of rotatable bonds is 15. The van der Waals surface area contributed by atoms with Crippen LogP contribution in [0.1, 0.15) is 128 Å². The fraction of sp³-hybridized carbons (Fsp3) is 0.643. The summed E-state index contributed by atoms with van der Waals surface area (Å²) < 4.78 is 0. The Morgan fingerprint density at radius 3 is 1.20 bits per heavy atom. The van der Waals surface area contributed by atoms with Crippen LogP contribution >= 0.6 is 0 Å². The Hall–Kier alpha value is -1.70. The summed E-state index contributed by atoms with van der Waals surface area (Å²) in [5, 5.41) is 0. The summed E-state index contributed by atoms with van der Waals surface area (Å²) in [6.07, 6.45) is 19.4. The van der Waals surface area contributed by atoms with Crippen LogP contribution in [0.15, 0.2) is 36.7 Å². The van der Waals surface area contributed by atoms with Crippen molar-refractivity contribution in [2.75, 3.05) is 0 Å². The summed E-state index contributed by atoms with van der Waals surface area (Å²) in [4.78, 5) is 9.43. The topological polar surface area (TPSA) is 25.8 Å². The summed E-state index contributed by atoms with van der Waals surface area (Å²) in [6, 6.07) is 9.09. The minimum absolute atomic E-state index is 0.650. The van der Waals surface area contributed by atoms with Gasteiger partial charge in [-0.15, -0.1) is 0 Å². The molecule has 0 spiro atoms. The lowest BCUT2D eigenvalue weighted by Gasteiger charge is -2.19. The van der Waals surface area contributed by atoms with Gasteiger partial charge in [-0.25, -0.2) is 0 Å². The SMILES string of the molecule is CCCCC(CCCC)c1ccnc(-c2cc(C(CCCC)CCCC)ccn2)c1. The van der Waals surface area contributed by atoms with Crippen molar-refractivity contribution in [2.24, 2.45) is 0 Å². The molecule has 0 saturated heterocycles. The molecule has 2 rings (SSSR count). The third kappa shape index (κ3) is 7.85. The average molecular weight is 409 g/mol. The van der Waals surface area contributed by atoms with Gasteiger partial charge >= 0.3 is 0 Å². The van der Waals surface area contributed by atoms with E-state index < -0.39 is 0 Å². The number of aromatic nitrogens is 2. The zero-order chi connectivity index (χ0) is 21.6. The second kappa shape index (κ2) is 14.3. The van der Waals surface area contributed by atoms with Gasteiger partial charge in [0, 0.05) is 12.4 Å². The van der Waals surface area contributed by atoms with Crippen LogP contribution in [0.5, 0.6) is 0 Å². The predicted octanol–water partition coefficient (Wildman–Crippen LogP) is 9.07. The molecule has 0 fully saturated rings. The lowest BCUT2D eigenvalue weighted by atomic mass is 9.88. The molecular formula is C28H44N2. The monoisotopic (exact) mass is 408 g/mol. The van der Waals surface area contributed by atoms with E-state index in [0.717, 1.165) is 11.4 Å². The van der Waals surface area contributed by atoms with E-state index in [0.29, 0.717) is 11.8 Å². The largest absolute Gasteiger partial charge is 0.255 e. The van der Waals surface area contributed by atoms with Crippen molar-refractivity contribution in [1.82, 2.24) is 9.97 Å². The molecule has 0 unspecified atom stereocenters. The van der Waals surface area contributed by atoms with E-state index in [-0.39, 0.29) is 0 Å². The molecule has 0 saturated carbocycles. The van der Waals surface area contributed by atoms with Gasteiger partial charge in [0.1, 0.15) is 0 Å². The maximum atomic E-state index is 4.71. The van der Waals surface area contributed by atoms with Crippen molar-refractivity contribution in [3.63, 3.8) is 0 Å². The summed E-state index contributed by atoms with van der Waals surface area (Å²) in [7, 11) is 0. The van der Waals surface area contributed by atoms with Crippen molar-refractivity contribution in [1.29, 1.82) is 0 Å². The molecule has 2 heterocycles. The molecule has 2 heteroatoms. The molecule has 0 amide bonds. The smallest absolute Gasteiger partial charge is 0.0889 e. The Balaban J connectivity index is 2.26. The first kappa shape index (κ1) is 24.6. The Labute approximate surface area is 185 Å². The highest BCUT2D eigenvalue weighted by Gasteiger charge is 2.15. The van der Waals surface area contributed by atoms with E-state index in [2.05, 4.69) is 52.0 Å². The van der Waals surface area contributed by atoms with E-state index in [1.54, 1.807) is 0 Å². The van der Waals surface area contributed by atoms with Crippen LogP contribution in [0.3, 0.4) is 0 Å². The van der Waals surface area contributed by atoms with Gasteiger partial charge in [-0.05, 0) is 72.9 Å². The highest BCUT2D eigenvalue weighted by atomic mass is 14.8. The zero-order valence-corrected chi connectivity index (χ0v) is 20.0. The Kier molecular flexibility index (Phi) is 11.7. The first-order valence-electron chi connectivity index (χ1n) is 12.7. The first-order chi connectivity index (χ1) is 14.7. The molecule has 0 bridgehead atoms. The van der Waals surface area contributed by atoms with E-state index in [1.165, 1.54) is 88.2 Å². The van der Waals surface area contributed by atoms with Gasteiger partial charge < -0.3 is 0 Å². The number of nitrogens with zero attached hydrogens (tertiary/aromatic N) is 2. The number of pyridine rings is 2. The summed E-state index contributed by atoms with van der Waals surface area (Å²) in [5.74, 6) is 1.30. The third-order valence-corrected chi connectivity index (χ3v) is 6.40. The molecule has 0 aliphatic rings. The van der Waals surface area contributed by atoms with Crippen LogP contribution in [0.25, 0.3) is 11.4 Å². The standard InChI is InChI=1S/C28H44N2/c1-5-9-13-23(14-10-6-2)25-17-19-29-27(21-25)28-22-26(18-20-30-28)24(15-11-7-3)16-12-8-4/h17-24H,5-16H2,1-4H3. The quantitative estimate of drug-likeness (QED) is 0.293. The third-order valence-electron chi connectivity index (χ3n) is 6.40. The van der Waals surface area contributed by atoms with Crippen molar-refractivity contribution >= 4 is 0 Å². The fourth-order valence-corrected chi connectivity index (χ4v) is 4.44. The van der Waals surface area contributed by atoms with Gasteiger partial charge in [0.25, 0.3) is 0 Å². The first-order valence-corrected chi connectivity index (χ1v) is 12.7. The van der Waals surface area contributed by atoms with Crippen LogP contribution in [-0.2, 0) is 0 Å². The summed E-state index contributed by atoms with van der Waals surface area (Å²) in [6.45, 7) is 9.16. The van der Waals surface area contributed by atoms with Gasteiger partial charge in [0.2, 0.25) is 0 Å². The van der Waals surface area contributed by atoms with Crippen LogP contribution in [0.4, 0.5) is 0 Å². The lowest BCUT2D eigenvalue weighted by molar-refractivity contribution is 0.524. The fourth-order valence-electron chi connectivity index (χ4n) is 4.44. The molecule has 0 radical (unpaired) electrons. The van der Waals surface area contributed by atoms with Crippen molar-refractivity contribution in [3.05, 3.63) is 47.8 Å². The predicted molar refractivity (Wildman–Crippen MR) is 131 cm³/mol. The zero-order valence-electron chi connectivity index (χ0n) is 20.0. The Bertz CT molecular complexity index is 632. The molecule has 0 aliphatic heterocycles. The minimum Gasteiger partial charge on any atom is -0.255 e. The van der Waals surface area contributed by atoms with Gasteiger partial charge in [-0.1, -0.05) is 79.1 Å². The molecule has 2 nitrogen and oxygen atoms in total. The number of hydrogen-bond acceptors (Lipinski definition) is 2. The van der Waals surface area contributed by atoms with Crippen molar-refractivity contribution in [2.45, 2.75) is 117 Å². The second-order valence-electron chi connectivity index (χ2n) is 8.91. The average Bonchev–Trinajstić information content (AvgIpc) is 2.79. The Morgan fingerprint density at radius 2 is 0.900 bits per heavy atom. The summed E-state index contributed by atoms with van der Waals surface area (Å²) in [5.41, 5.74) is 4.97. The van der Waals surface area contributed by atoms with Gasteiger partial charge in [-0.3, -0.25) is 9.97 Å². The van der Waals surface area contributed by atoms with E-state index in [1.807, 2.05) is 12.4 Å². The minimum atomic E-state index is 0.650. The van der Waals surface area contributed by atoms with Gasteiger partial charge in [-0.2, -0.15) is 0 Å². The number of unbranched alkanes of at least 4 members (excludes halogenated alkanes) is 4. The number of hydrogen-bond donors (Lipinski definition) is 0. The van der Waals surface area contributed by atoms with Crippen LogP contribution in [0, 0.1) is 0 Å². The Morgan fingerprint density at radius 1 is 0.567 bits per heavy atom. The highest BCUT2D eigenvalue weighted by Crippen LogP contribution is 2.32. The molecular weight excluding hydrogens is 364 g/mol. The molecule has 0 N–H and O–H groups in total. The maximum Gasteiger partial charge on any atom is 0.0889 e. The van der Waals surface area contributed by atoms with Gasteiger partial charge in [0.05, 0.1) is 11.4 Å². The van der Waals surface area contributed by atoms with Gasteiger partial charge in [0.15, 0.2) is 0 Å². The highest BCUT2D eigenvalue weighted by molar-refractivity contribution is 5.56. The van der Waals surface area contributed by atoms with Crippen LogP contribution in [-0.4, -0.2) is 9.97 Å².